The van der Waals surface area contributed by atoms with E-state index in [-0.39, 0.29) is 23.0 Å². The minimum Gasteiger partial charge on any atom is -0.393 e. The van der Waals surface area contributed by atoms with Crippen molar-refractivity contribution in [3.05, 3.63) is 22.7 Å². The van der Waals surface area contributed by atoms with Gasteiger partial charge < -0.3 is 10.2 Å². The van der Waals surface area contributed by atoms with Crippen molar-refractivity contribution in [3.8, 4) is 0 Å². The zero-order valence-electron chi connectivity index (χ0n) is 14.0. The Balaban J connectivity index is 1.73. The monoisotopic (exact) mass is 380 g/mol. The molecule has 23 heavy (non-hydrogen) atoms. The van der Waals surface area contributed by atoms with Crippen LogP contribution in [0, 0.1) is 28.6 Å². The number of hydrogen-bond acceptors (Lipinski definition) is 2. The molecule has 0 aromatic rings. The van der Waals surface area contributed by atoms with Crippen LogP contribution in [0.5, 0.6) is 0 Å². The fourth-order valence-corrected chi connectivity index (χ4v) is 7.21. The van der Waals surface area contributed by atoms with E-state index in [2.05, 4.69) is 40.0 Å². The molecule has 4 rings (SSSR count). The van der Waals surface area contributed by atoms with E-state index in [1.807, 2.05) is 0 Å². The largest absolute Gasteiger partial charge is 0.393 e. The van der Waals surface area contributed by atoms with Crippen molar-refractivity contribution in [3.63, 3.8) is 0 Å². The number of rotatable bonds is 1. The summed E-state index contributed by atoms with van der Waals surface area (Å²) in [5.41, 5.74) is 1.77. The molecule has 0 aliphatic heterocycles. The van der Waals surface area contributed by atoms with Gasteiger partial charge in [0.2, 0.25) is 0 Å². The average molecular weight is 381 g/mol. The summed E-state index contributed by atoms with van der Waals surface area (Å²) in [7, 11) is 0. The first-order chi connectivity index (χ1) is 11.0. The van der Waals surface area contributed by atoms with E-state index in [1.54, 1.807) is 0 Å². The van der Waals surface area contributed by atoms with Crippen LogP contribution < -0.4 is 0 Å². The van der Waals surface area contributed by atoms with Gasteiger partial charge in [-0.25, -0.2) is 0 Å². The minimum absolute atomic E-state index is 0.102. The lowest BCUT2D eigenvalue weighted by molar-refractivity contribution is -0.0642. The number of fused-ring (bicyclic) bond motifs is 5. The normalized spacial score (nSPS) is 52.7. The third kappa shape index (κ3) is 2.26. The summed E-state index contributed by atoms with van der Waals surface area (Å²) in [5, 5.41) is 20.7. The lowest BCUT2D eigenvalue weighted by Gasteiger charge is -2.57. The van der Waals surface area contributed by atoms with Gasteiger partial charge in [-0.3, -0.25) is 0 Å². The molecule has 2 N–H and O–H groups in total. The highest BCUT2D eigenvalue weighted by molar-refractivity contribution is 9.11. The highest BCUT2D eigenvalue weighted by atomic mass is 79.9. The molecule has 0 amide bonds. The molecule has 0 aromatic heterocycles. The minimum atomic E-state index is -0.156. The molecular weight excluding hydrogens is 352 g/mol. The molecule has 3 fully saturated rings. The Labute approximate surface area is 148 Å². The summed E-state index contributed by atoms with van der Waals surface area (Å²) in [6.45, 7) is 2.34. The molecule has 4 aliphatic carbocycles. The van der Waals surface area contributed by atoms with Gasteiger partial charge in [0.15, 0.2) is 0 Å². The lowest BCUT2D eigenvalue weighted by atomic mass is 9.47. The van der Waals surface area contributed by atoms with E-state index < -0.39 is 0 Å². The Bertz CT molecular complexity index is 542. The van der Waals surface area contributed by atoms with Crippen molar-refractivity contribution in [2.24, 2.45) is 28.6 Å². The average Bonchev–Trinajstić information content (AvgIpc) is 2.84. The number of aliphatic hydroxyl groups excluding tert-OH is 2. The quantitative estimate of drug-likeness (QED) is 0.654. The SMILES string of the molecule is C[C@]12CCC3C(CC=C4C[C@@H](O)CC[C@@]43C=CBr)C1CC[C@@H]2O. The second kappa shape index (κ2) is 5.71. The Hall–Kier alpha value is -0.120. The molecular formula is C20H29BrO2. The summed E-state index contributed by atoms with van der Waals surface area (Å²) in [6.07, 6.45) is 13.1. The summed E-state index contributed by atoms with van der Waals surface area (Å²) in [5.74, 6) is 2.06. The number of halogens is 1. The second-order valence-corrected chi connectivity index (χ2v) is 9.24. The van der Waals surface area contributed by atoms with E-state index in [4.69, 9.17) is 0 Å². The number of aliphatic hydroxyl groups is 2. The smallest absolute Gasteiger partial charge is 0.0596 e. The zero-order chi connectivity index (χ0) is 16.2. The molecule has 7 atom stereocenters. The Morgan fingerprint density at radius 3 is 2.74 bits per heavy atom. The van der Waals surface area contributed by atoms with Gasteiger partial charge in [-0.2, -0.15) is 0 Å². The molecule has 0 spiro atoms. The van der Waals surface area contributed by atoms with Crippen LogP contribution in [0.4, 0.5) is 0 Å². The van der Waals surface area contributed by atoms with Crippen molar-refractivity contribution in [2.75, 3.05) is 0 Å². The fraction of sp³-hybridized carbons (Fsp3) is 0.800. The number of hydrogen-bond donors (Lipinski definition) is 2. The third-order valence-corrected chi connectivity index (χ3v) is 8.25. The van der Waals surface area contributed by atoms with Crippen LogP contribution in [0.15, 0.2) is 22.7 Å². The summed E-state index contributed by atoms with van der Waals surface area (Å²) >= 11 is 3.54. The molecule has 3 unspecified atom stereocenters. The predicted octanol–water partition coefficient (Wildman–Crippen LogP) is 4.56. The van der Waals surface area contributed by atoms with Crippen LogP contribution in [0.2, 0.25) is 0 Å². The van der Waals surface area contributed by atoms with Gasteiger partial charge in [-0.05, 0) is 79.5 Å². The second-order valence-electron chi connectivity index (χ2n) is 8.71. The summed E-state index contributed by atoms with van der Waals surface area (Å²) in [4.78, 5) is 2.05. The Morgan fingerprint density at radius 1 is 1.13 bits per heavy atom. The van der Waals surface area contributed by atoms with Crippen molar-refractivity contribution >= 4 is 15.9 Å². The highest BCUT2D eigenvalue weighted by Crippen LogP contribution is 2.65. The molecule has 0 heterocycles. The molecule has 4 aliphatic rings. The third-order valence-electron chi connectivity index (χ3n) is 7.99. The number of allylic oxidation sites excluding steroid dienone is 2. The zero-order valence-corrected chi connectivity index (χ0v) is 15.6. The van der Waals surface area contributed by atoms with Crippen LogP contribution in [0.3, 0.4) is 0 Å². The van der Waals surface area contributed by atoms with Crippen LogP contribution in [0.25, 0.3) is 0 Å². The van der Waals surface area contributed by atoms with Gasteiger partial charge in [-0.1, -0.05) is 40.6 Å². The molecule has 2 nitrogen and oxygen atoms in total. The maximum absolute atomic E-state index is 10.5. The molecule has 0 bridgehead atoms. The van der Waals surface area contributed by atoms with Crippen LogP contribution >= 0.6 is 15.9 Å². The lowest BCUT2D eigenvalue weighted by Crippen LogP contribution is -2.51. The van der Waals surface area contributed by atoms with Crippen LogP contribution in [-0.4, -0.2) is 22.4 Å². The molecule has 0 radical (unpaired) electrons. The van der Waals surface area contributed by atoms with Gasteiger partial charge in [0.1, 0.15) is 0 Å². The first kappa shape index (κ1) is 16.4. The van der Waals surface area contributed by atoms with Crippen LogP contribution in [0.1, 0.15) is 58.3 Å². The van der Waals surface area contributed by atoms with E-state index in [0.717, 1.165) is 38.5 Å². The van der Waals surface area contributed by atoms with Crippen molar-refractivity contribution < 1.29 is 10.2 Å². The summed E-state index contributed by atoms with van der Waals surface area (Å²) in [6, 6.07) is 0. The maximum atomic E-state index is 10.5. The molecule has 128 valence electrons. The fourth-order valence-electron chi connectivity index (χ4n) is 6.74. The molecule has 3 saturated carbocycles. The standard InChI is InChI=1S/C20H29BrO2/c1-19-8-7-17-15(16(19)4-5-18(19)23)3-2-13-12-14(22)6-9-20(13,17)10-11-21/h2,10-11,14-18,22-23H,3-9,12H2,1H3/t14-,15?,16?,17?,18-,19-,20+/m0/s1. The topological polar surface area (TPSA) is 40.5 Å². The van der Waals surface area contributed by atoms with Gasteiger partial charge in [-0.15, -0.1) is 0 Å². The van der Waals surface area contributed by atoms with Gasteiger partial charge in [0.05, 0.1) is 12.2 Å². The van der Waals surface area contributed by atoms with Crippen molar-refractivity contribution in [1.29, 1.82) is 0 Å². The first-order valence-corrected chi connectivity index (χ1v) is 10.3. The van der Waals surface area contributed by atoms with E-state index in [0.29, 0.717) is 17.8 Å². The van der Waals surface area contributed by atoms with Gasteiger partial charge in [0.25, 0.3) is 0 Å². The Morgan fingerprint density at radius 2 is 1.96 bits per heavy atom. The predicted molar refractivity (Wildman–Crippen MR) is 96.1 cm³/mol. The van der Waals surface area contributed by atoms with E-state index in [9.17, 15) is 10.2 Å². The van der Waals surface area contributed by atoms with E-state index >= 15 is 0 Å². The van der Waals surface area contributed by atoms with Crippen molar-refractivity contribution in [2.45, 2.75) is 70.5 Å². The molecule has 3 heteroatoms. The van der Waals surface area contributed by atoms with Crippen LogP contribution in [-0.2, 0) is 0 Å². The Kier molecular flexibility index (Phi) is 4.06. The highest BCUT2D eigenvalue weighted by Gasteiger charge is 2.58. The van der Waals surface area contributed by atoms with Gasteiger partial charge >= 0.3 is 0 Å². The maximum Gasteiger partial charge on any atom is 0.0596 e. The summed E-state index contributed by atoms with van der Waals surface area (Å²) < 4.78 is 0. The van der Waals surface area contributed by atoms with Crippen molar-refractivity contribution in [1.82, 2.24) is 0 Å². The first-order valence-electron chi connectivity index (χ1n) is 9.35. The molecule has 0 aromatic carbocycles. The van der Waals surface area contributed by atoms with E-state index in [1.165, 1.54) is 18.4 Å². The van der Waals surface area contributed by atoms with Gasteiger partial charge in [0, 0.05) is 5.41 Å². The molecule has 0 saturated heterocycles.